The fraction of sp³-hybridized carbons (Fsp3) is 0.900. The molecule has 3 heteroatoms. The number of aliphatic hydroxyl groups excluding tert-OH is 1. The highest BCUT2D eigenvalue weighted by Gasteiger charge is 2.83. The van der Waals surface area contributed by atoms with E-state index in [1.165, 1.54) is 56.9 Å². The van der Waals surface area contributed by atoms with Crippen LogP contribution in [0.5, 0.6) is 0 Å². The van der Waals surface area contributed by atoms with Gasteiger partial charge in [0.15, 0.2) is 0 Å². The van der Waals surface area contributed by atoms with Crippen LogP contribution in [0.15, 0.2) is 11.6 Å². The van der Waals surface area contributed by atoms with E-state index in [2.05, 4.69) is 40.7 Å². The number of allylic oxidation sites excluding steroid dienone is 2. The molecule has 5 aliphatic rings. The number of rotatable bonds is 5. The van der Waals surface area contributed by atoms with Gasteiger partial charge in [0.1, 0.15) is 0 Å². The number of aliphatic carboxylic acids is 1. The van der Waals surface area contributed by atoms with Crippen LogP contribution in [0, 0.1) is 50.7 Å². The van der Waals surface area contributed by atoms with Crippen molar-refractivity contribution in [2.24, 2.45) is 50.7 Å². The highest BCUT2D eigenvalue weighted by atomic mass is 16.4. The van der Waals surface area contributed by atoms with Gasteiger partial charge in [-0.15, -0.1) is 0 Å². The number of hydrogen-bond acceptors (Lipinski definition) is 2. The molecule has 0 aromatic heterocycles. The first-order chi connectivity index (χ1) is 15.4. The van der Waals surface area contributed by atoms with Crippen LogP contribution in [-0.2, 0) is 4.79 Å². The van der Waals surface area contributed by atoms with Crippen molar-refractivity contribution in [3.05, 3.63) is 11.6 Å². The summed E-state index contributed by atoms with van der Waals surface area (Å²) in [5, 5.41) is 21.0. The van der Waals surface area contributed by atoms with Gasteiger partial charge < -0.3 is 10.2 Å². The third kappa shape index (κ3) is 2.81. The molecule has 3 nitrogen and oxygen atoms in total. The van der Waals surface area contributed by atoms with Crippen LogP contribution in [0.3, 0.4) is 0 Å². The molecule has 0 radical (unpaired) electrons. The molecule has 0 aliphatic heterocycles. The van der Waals surface area contributed by atoms with Crippen LogP contribution in [0.2, 0.25) is 0 Å². The van der Waals surface area contributed by atoms with E-state index in [1.54, 1.807) is 0 Å². The van der Waals surface area contributed by atoms with Crippen molar-refractivity contribution in [2.45, 2.75) is 118 Å². The Morgan fingerprint density at radius 2 is 1.61 bits per heavy atom. The standard InChI is InChI=1S/C30H48O3/c1-19(2)8-7-9-20(3)21-12-14-27(5)22-10-11-23-28(6,25(32)33)24(31)13-15-29(23)18-30(22,29)17-16-26(21,27)4/h8,20-24,31H,7,9-18H2,1-6H3,(H,32,33)/t20-,21-,22+,23+,24+,26-,27+,28+,29-,30+/m1/s1. The Balaban J connectivity index is 1.43. The SMILES string of the molecule is CC(C)=CCC[C@@H](C)[C@H]1CC[C@@]2(C)[C@@H]3CC[C@H]4[C@](C)(C(=O)O)[C@@H](O)CC[C@@]45C[C@@]35CC[C@]12C. The highest BCUT2D eigenvalue weighted by Crippen LogP contribution is 2.89. The van der Waals surface area contributed by atoms with Crippen molar-refractivity contribution in [1.29, 1.82) is 0 Å². The lowest BCUT2D eigenvalue weighted by Crippen LogP contribution is -2.59. The number of carbonyl (C=O) groups is 1. The normalized spacial score (nSPS) is 53.2. The Kier molecular flexibility index (Phi) is 5.31. The molecule has 0 amide bonds. The maximum atomic E-state index is 12.4. The minimum Gasteiger partial charge on any atom is -0.481 e. The molecular formula is C30H48O3. The van der Waals surface area contributed by atoms with E-state index in [0.29, 0.717) is 22.7 Å². The van der Waals surface area contributed by atoms with Gasteiger partial charge in [-0.05, 0) is 137 Å². The fourth-order valence-electron chi connectivity index (χ4n) is 11.1. The zero-order chi connectivity index (χ0) is 24.0. The van der Waals surface area contributed by atoms with E-state index >= 15 is 0 Å². The Morgan fingerprint density at radius 3 is 2.27 bits per heavy atom. The average molecular weight is 457 g/mol. The van der Waals surface area contributed by atoms with E-state index in [-0.39, 0.29) is 11.3 Å². The molecule has 186 valence electrons. The van der Waals surface area contributed by atoms with Crippen molar-refractivity contribution in [3.63, 3.8) is 0 Å². The van der Waals surface area contributed by atoms with Gasteiger partial charge in [0.25, 0.3) is 0 Å². The van der Waals surface area contributed by atoms with Crippen molar-refractivity contribution in [3.8, 4) is 0 Å². The first-order valence-electron chi connectivity index (χ1n) is 13.9. The third-order valence-electron chi connectivity index (χ3n) is 13.1. The minimum atomic E-state index is -0.966. The van der Waals surface area contributed by atoms with E-state index in [1.807, 2.05) is 6.92 Å². The van der Waals surface area contributed by atoms with Crippen molar-refractivity contribution >= 4 is 5.97 Å². The summed E-state index contributed by atoms with van der Waals surface area (Å²) in [6.07, 6.45) is 14.7. The molecule has 0 saturated heterocycles. The number of carboxylic acids is 1. The molecule has 0 heterocycles. The number of fused-ring (bicyclic) bond motifs is 2. The van der Waals surface area contributed by atoms with E-state index in [0.717, 1.165) is 30.6 Å². The lowest BCUT2D eigenvalue weighted by atomic mass is 9.41. The maximum Gasteiger partial charge on any atom is 0.312 e. The van der Waals surface area contributed by atoms with E-state index in [4.69, 9.17) is 0 Å². The van der Waals surface area contributed by atoms with Crippen molar-refractivity contribution < 1.29 is 15.0 Å². The molecule has 5 aliphatic carbocycles. The van der Waals surface area contributed by atoms with Gasteiger partial charge in [-0.1, -0.05) is 32.4 Å². The summed E-state index contributed by atoms with van der Waals surface area (Å²) < 4.78 is 0. The average Bonchev–Trinajstić information content (AvgIpc) is 3.33. The van der Waals surface area contributed by atoms with Crippen LogP contribution in [-0.4, -0.2) is 22.3 Å². The molecule has 0 bridgehead atoms. The van der Waals surface area contributed by atoms with E-state index in [9.17, 15) is 15.0 Å². The summed E-state index contributed by atoms with van der Waals surface area (Å²) in [5.41, 5.74) is 1.79. The smallest absolute Gasteiger partial charge is 0.312 e. The molecule has 5 rings (SSSR count). The Hall–Kier alpha value is -0.830. The monoisotopic (exact) mass is 456 g/mol. The summed E-state index contributed by atoms with van der Waals surface area (Å²) in [5.74, 6) is 1.71. The lowest BCUT2D eigenvalue weighted by Gasteiger charge is -2.63. The molecule has 10 atom stereocenters. The Morgan fingerprint density at radius 1 is 0.939 bits per heavy atom. The van der Waals surface area contributed by atoms with Gasteiger partial charge in [-0.2, -0.15) is 0 Å². The largest absolute Gasteiger partial charge is 0.481 e. The zero-order valence-corrected chi connectivity index (χ0v) is 22.0. The fourth-order valence-corrected chi connectivity index (χ4v) is 11.1. The number of carboxylic acid groups (broad SMARTS) is 1. The van der Waals surface area contributed by atoms with Crippen LogP contribution < -0.4 is 0 Å². The highest BCUT2D eigenvalue weighted by molar-refractivity contribution is 5.76. The van der Waals surface area contributed by atoms with Crippen LogP contribution >= 0.6 is 0 Å². The summed E-state index contributed by atoms with van der Waals surface area (Å²) in [6, 6.07) is 0. The first-order valence-corrected chi connectivity index (χ1v) is 13.9. The molecule has 2 N–H and O–H groups in total. The van der Waals surface area contributed by atoms with Crippen LogP contribution in [0.25, 0.3) is 0 Å². The molecule has 2 spiro atoms. The van der Waals surface area contributed by atoms with Gasteiger partial charge in [0.05, 0.1) is 11.5 Å². The maximum absolute atomic E-state index is 12.4. The molecule has 0 unspecified atom stereocenters. The summed E-state index contributed by atoms with van der Waals surface area (Å²) in [6.45, 7) is 14.1. The minimum absolute atomic E-state index is 0.149. The predicted molar refractivity (Wildman–Crippen MR) is 133 cm³/mol. The van der Waals surface area contributed by atoms with Crippen LogP contribution in [0.4, 0.5) is 0 Å². The Bertz CT molecular complexity index is 859. The van der Waals surface area contributed by atoms with Gasteiger partial charge >= 0.3 is 5.97 Å². The molecule has 0 aromatic rings. The van der Waals surface area contributed by atoms with Crippen LogP contribution in [0.1, 0.15) is 112 Å². The predicted octanol–water partition coefficient (Wildman–Crippen LogP) is 7.23. The van der Waals surface area contributed by atoms with Gasteiger partial charge in [0, 0.05) is 0 Å². The van der Waals surface area contributed by atoms with Gasteiger partial charge in [-0.25, -0.2) is 0 Å². The zero-order valence-electron chi connectivity index (χ0n) is 22.0. The molecule has 5 fully saturated rings. The summed E-state index contributed by atoms with van der Waals surface area (Å²) in [7, 11) is 0. The second kappa shape index (κ2) is 7.34. The third-order valence-corrected chi connectivity index (χ3v) is 13.1. The van der Waals surface area contributed by atoms with Gasteiger partial charge in [-0.3, -0.25) is 4.79 Å². The van der Waals surface area contributed by atoms with Crippen molar-refractivity contribution in [1.82, 2.24) is 0 Å². The topological polar surface area (TPSA) is 57.5 Å². The molecule has 0 aromatic carbocycles. The summed E-state index contributed by atoms with van der Waals surface area (Å²) in [4.78, 5) is 12.4. The number of aliphatic hydroxyl groups is 1. The second-order valence-electron chi connectivity index (χ2n) is 14.1. The van der Waals surface area contributed by atoms with E-state index < -0.39 is 17.5 Å². The Labute approximate surface area is 201 Å². The molecule has 5 saturated carbocycles. The lowest BCUT2D eigenvalue weighted by molar-refractivity contribution is -0.189. The number of hydrogen-bond donors (Lipinski definition) is 2. The molecular weight excluding hydrogens is 408 g/mol. The summed E-state index contributed by atoms with van der Waals surface area (Å²) >= 11 is 0. The van der Waals surface area contributed by atoms with Crippen molar-refractivity contribution in [2.75, 3.05) is 0 Å². The second-order valence-corrected chi connectivity index (χ2v) is 14.1. The quantitative estimate of drug-likeness (QED) is 0.429. The first kappa shape index (κ1) is 23.9. The van der Waals surface area contributed by atoms with Gasteiger partial charge in [0.2, 0.25) is 0 Å². The molecule has 33 heavy (non-hydrogen) atoms.